The van der Waals surface area contributed by atoms with Crippen molar-refractivity contribution < 1.29 is 14.7 Å². The van der Waals surface area contributed by atoms with Gasteiger partial charge >= 0.3 is 5.97 Å². The number of halogens is 1. The standard InChI is InChI=1S/C13H17ClN2O3/c1-13(2,6-5-11(17)18)16-10-4-3-8(14)7-9(10)12(15)19/h3-4,7,16H,5-6H2,1-2H3,(H2,15,19)(H,17,18). The second-order valence-corrected chi connectivity index (χ2v) is 5.39. The van der Waals surface area contributed by atoms with Crippen LogP contribution in [0, 0.1) is 0 Å². The zero-order valence-corrected chi connectivity index (χ0v) is 11.6. The molecule has 0 atom stereocenters. The molecule has 0 bridgehead atoms. The van der Waals surface area contributed by atoms with E-state index in [4.69, 9.17) is 22.4 Å². The van der Waals surface area contributed by atoms with Gasteiger partial charge in [0.05, 0.1) is 5.56 Å². The van der Waals surface area contributed by atoms with E-state index in [1.165, 1.54) is 6.07 Å². The summed E-state index contributed by atoms with van der Waals surface area (Å²) in [6.07, 6.45) is 0.461. The number of carbonyl (C=O) groups is 2. The number of hydrogen-bond donors (Lipinski definition) is 3. The smallest absolute Gasteiger partial charge is 0.303 e. The summed E-state index contributed by atoms with van der Waals surface area (Å²) in [6, 6.07) is 4.79. The molecule has 6 heteroatoms. The Labute approximate surface area is 116 Å². The van der Waals surface area contributed by atoms with E-state index in [0.717, 1.165) is 0 Å². The lowest BCUT2D eigenvalue weighted by Gasteiger charge is -2.28. The van der Waals surface area contributed by atoms with E-state index in [-0.39, 0.29) is 12.0 Å². The van der Waals surface area contributed by atoms with Crippen molar-refractivity contribution in [2.45, 2.75) is 32.2 Å². The molecule has 1 rings (SSSR count). The van der Waals surface area contributed by atoms with Crippen molar-refractivity contribution in [3.63, 3.8) is 0 Å². The molecule has 5 nitrogen and oxygen atoms in total. The number of nitrogens with two attached hydrogens (primary N) is 1. The van der Waals surface area contributed by atoms with Gasteiger partial charge in [0.2, 0.25) is 0 Å². The van der Waals surface area contributed by atoms with E-state index < -0.39 is 17.4 Å². The molecular formula is C13H17ClN2O3. The fourth-order valence-corrected chi connectivity index (χ4v) is 1.85. The summed E-state index contributed by atoms with van der Waals surface area (Å²) in [5.74, 6) is -1.44. The highest BCUT2D eigenvalue weighted by Gasteiger charge is 2.21. The van der Waals surface area contributed by atoms with Crippen LogP contribution in [-0.4, -0.2) is 22.5 Å². The molecule has 0 heterocycles. The van der Waals surface area contributed by atoms with Crippen LogP contribution in [-0.2, 0) is 4.79 Å². The molecule has 0 aliphatic rings. The highest BCUT2D eigenvalue weighted by Crippen LogP contribution is 2.25. The Morgan fingerprint density at radius 2 is 2.05 bits per heavy atom. The molecule has 4 N–H and O–H groups in total. The molecule has 0 aromatic heterocycles. The number of benzene rings is 1. The van der Waals surface area contributed by atoms with Crippen molar-refractivity contribution in [2.24, 2.45) is 5.73 Å². The van der Waals surface area contributed by atoms with Gasteiger partial charge in [0.1, 0.15) is 0 Å². The molecule has 0 aliphatic carbocycles. The van der Waals surface area contributed by atoms with Crippen LogP contribution in [0.2, 0.25) is 5.02 Å². The Kier molecular flexibility index (Phi) is 4.78. The molecule has 1 aromatic rings. The van der Waals surface area contributed by atoms with Gasteiger partial charge in [-0.25, -0.2) is 0 Å². The molecular weight excluding hydrogens is 268 g/mol. The molecule has 0 fully saturated rings. The van der Waals surface area contributed by atoms with Crippen molar-refractivity contribution in [1.82, 2.24) is 0 Å². The van der Waals surface area contributed by atoms with Gasteiger partial charge < -0.3 is 16.2 Å². The second-order valence-electron chi connectivity index (χ2n) is 4.96. The lowest BCUT2D eigenvalue weighted by Crippen LogP contribution is -2.32. The van der Waals surface area contributed by atoms with Crippen LogP contribution in [0.3, 0.4) is 0 Å². The molecule has 0 radical (unpaired) electrons. The minimum atomic E-state index is -0.860. The summed E-state index contributed by atoms with van der Waals surface area (Å²) in [6.45, 7) is 3.71. The Hall–Kier alpha value is -1.75. The Morgan fingerprint density at radius 3 is 2.58 bits per heavy atom. The van der Waals surface area contributed by atoms with E-state index in [0.29, 0.717) is 17.1 Å². The summed E-state index contributed by atoms with van der Waals surface area (Å²) in [5.41, 5.74) is 5.65. The second kappa shape index (κ2) is 5.93. The molecule has 0 unspecified atom stereocenters. The molecule has 1 aromatic carbocycles. The van der Waals surface area contributed by atoms with Gasteiger partial charge in [-0.2, -0.15) is 0 Å². The summed E-state index contributed by atoms with van der Waals surface area (Å²) in [7, 11) is 0. The number of carbonyl (C=O) groups excluding carboxylic acids is 1. The van der Waals surface area contributed by atoms with Gasteiger partial charge in [-0.3, -0.25) is 9.59 Å². The third-order valence-electron chi connectivity index (χ3n) is 2.68. The van der Waals surface area contributed by atoms with Crippen molar-refractivity contribution in [1.29, 1.82) is 0 Å². The first kappa shape index (κ1) is 15.3. The fraction of sp³-hybridized carbons (Fsp3) is 0.385. The summed E-state index contributed by atoms with van der Waals surface area (Å²) >= 11 is 5.82. The maximum Gasteiger partial charge on any atom is 0.303 e. The van der Waals surface area contributed by atoms with Crippen LogP contribution in [0.1, 0.15) is 37.0 Å². The van der Waals surface area contributed by atoms with Crippen molar-refractivity contribution >= 4 is 29.2 Å². The minimum absolute atomic E-state index is 0.0412. The summed E-state index contributed by atoms with van der Waals surface area (Å²) in [4.78, 5) is 22.0. The number of anilines is 1. The average molecular weight is 285 g/mol. The van der Waals surface area contributed by atoms with E-state index in [9.17, 15) is 9.59 Å². The van der Waals surface area contributed by atoms with Crippen molar-refractivity contribution in [3.8, 4) is 0 Å². The zero-order chi connectivity index (χ0) is 14.6. The Bertz CT molecular complexity index is 501. The van der Waals surface area contributed by atoms with Gasteiger partial charge in [0.15, 0.2) is 0 Å². The first-order valence-electron chi connectivity index (χ1n) is 5.80. The molecule has 0 aliphatic heterocycles. The molecule has 1 amide bonds. The third-order valence-corrected chi connectivity index (χ3v) is 2.92. The zero-order valence-electron chi connectivity index (χ0n) is 10.9. The molecule has 0 saturated heterocycles. The number of rotatable bonds is 6. The number of amides is 1. The highest BCUT2D eigenvalue weighted by molar-refractivity contribution is 6.31. The van der Waals surface area contributed by atoms with Crippen molar-refractivity contribution in [2.75, 3.05) is 5.32 Å². The van der Waals surface area contributed by atoms with Gasteiger partial charge in [-0.1, -0.05) is 11.6 Å². The maximum atomic E-state index is 11.4. The fourth-order valence-electron chi connectivity index (χ4n) is 1.68. The molecule has 0 spiro atoms. The average Bonchev–Trinajstić information content (AvgIpc) is 2.28. The predicted octanol–water partition coefficient (Wildman–Crippen LogP) is 2.49. The maximum absolute atomic E-state index is 11.4. The number of carboxylic acids is 1. The van der Waals surface area contributed by atoms with Crippen LogP contribution in [0.4, 0.5) is 5.69 Å². The SMILES string of the molecule is CC(C)(CCC(=O)O)Nc1ccc(Cl)cc1C(N)=O. The van der Waals surface area contributed by atoms with E-state index in [2.05, 4.69) is 5.32 Å². The first-order chi connectivity index (χ1) is 8.71. The van der Waals surface area contributed by atoms with Crippen molar-refractivity contribution in [3.05, 3.63) is 28.8 Å². The lowest BCUT2D eigenvalue weighted by atomic mass is 9.97. The number of hydrogen-bond acceptors (Lipinski definition) is 3. The lowest BCUT2D eigenvalue weighted by molar-refractivity contribution is -0.137. The van der Waals surface area contributed by atoms with Crippen LogP contribution in [0.25, 0.3) is 0 Å². The topological polar surface area (TPSA) is 92.4 Å². The predicted molar refractivity (Wildman–Crippen MR) is 74.5 cm³/mol. The Balaban J connectivity index is 2.92. The monoisotopic (exact) mass is 284 g/mol. The number of carboxylic acid groups (broad SMARTS) is 1. The normalized spacial score (nSPS) is 11.1. The van der Waals surface area contributed by atoms with Crippen LogP contribution < -0.4 is 11.1 Å². The van der Waals surface area contributed by atoms with Gasteiger partial charge in [0.25, 0.3) is 5.91 Å². The largest absolute Gasteiger partial charge is 0.481 e. The van der Waals surface area contributed by atoms with Crippen LogP contribution in [0.15, 0.2) is 18.2 Å². The summed E-state index contributed by atoms with van der Waals surface area (Å²) < 4.78 is 0. The number of primary amides is 1. The summed E-state index contributed by atoms with van der Waals surface area (Å²) in [5, 5.41) is 12.2. The first-order valence-corrected chi connectivity index (χ1v) is 6.18. The minimum Gasteiger partial charge on any atom is -0.481 e. The van der Waals surface area contributed by atoms with Gasteiger partial charge in [0, 0.05) is 22.7 Å². The molecule has 19 heavy (non-hydrogen) atoms. The Morgan fingerprint density at radius 1 is 1.42 bits per heavy atom. The van der Waals surface area contributed by atoms with Crippen LogP contribution >= 0.6 is 11.6 Å². The van der Waals surface area contributed by atoms with E-state index in [1.54, 1.807) is 12.1 Å². The van der Waals surface area contributed by atoms with E-state index in [1.807, 2.05) is 13.8 Å². The number of aliphatic carboxylic acids is 1. The number of nitrogens with one attached hydrogen (secondary N) is 1. The molecule has 104 valence electrons. The third kappa shape index (κ3) is 4.79. The van der Waals surface area contributed by atoms with Crippen LogP contribution in [0.5, 0.6) is 0 Å². The molecule has 0 saturated carbocycles. The van der Waals surface area contributed by atoms with Gasteiger partial charge in [-0.15, -0.1) is 0 Å². The quantitative estimate of drug-likeness (QED) is 0.748. The van der Waals surface area contributed by atoms with Gasteiger partial charge in [-0.05, 0) is 38.5 Å². The highest BCUT2D eigenvalue weighted by atomic mass is 35.5. The van der Waals surface area contributed by atoms with E-state index >= 15 is 0 Å².